The molecule has 1 heteroatoms. The lowest BCUT2D eigenvalue weighted by Gasteiger charge is -2.19. The van der Waals surface area contributed by atoms with Gasteiger partial charge in [0.1, 0.15) is 0 Å². The van der Waals surface area contributed by atoms with Gasteiger partial charge in [-0.05, 0) is 29.4 Å². The van der Waals surface area contributed by atoms with E-state index in [0.29, 0.717) is 5.41 Å². The van der Waals surface area contributed by atoms with Gasteiger partial charge in [-0.3, -0.25) is 0 Å². The van der Waals surface area contributed by atoms with Gasteiger partial charge in [-0.15, -0.1) is 11.6 Å². The summed E-state index contributed by atoms with van der Waals surface area (Å²) in [5, 5.41) is 0.157. The fourth-order valence-electron chi connectivity index (χ4n) is 1.75. The molecule has 0 aliphatic rings. The summed E-state index contributed by atoms with van der Waals surface area (Å²) in [5.41, 5.74) is 2.98. The van der Waals surface area contributed by atoms with E-state index in [9.17, 15) is 0 Å². The summed E-state index contributed by atoms with van der Waals surface area (Å²) >= 11 is 6.23. The summed E-state index contributed by atoms with van der Waals surface area (Å²) < 4.78 is 0. The SMILES string of the molecule is CCC(Cl)c1cccc(CC(C)(C)C)c1. The molecular formula is C14H21Cl. The second-order valence-electron chi connectivity index (χ2n) is 5.36. The number of alkyl halides is 1. The topological polar surface area (TPSA) is 0 Å². The molecule has 0 fully saturated rings. The van der Waals surface area contributed by atoms with Crippen LogP contribution in [0.15, 0.2) is 24.3 Å². The molecule has 0 amide bonds. The van der Waals surface area contributed by atoms with Crippen molar-refractivity contribution >= 4 is 11.6 Å². The summed E-state index contributed by atoms with van der Waals surface area (Å²) in [4.78, 5) is 0. The predicted molar refractivity (Wildman–Crippen MR) is 68.5 cm³/mol. The molecule has 84 valence electrons. The first-order chi connectivity index (χ1) is 6.92. The average molecular weight is 225 g/mol. The molecule has 0 nitrogen and oxygen atoms in total. The summed E-state index contributed by atoms with van der Waals surface area (Å²) in [6, 6.07) is 8.66. The van der Waals surface area contributed by atoms with Crippen LogP contribution >= 0.6 is 11.6 Å². The maximum absolute atomic E-state index is 6.23. The highest BCUT2D eigenvalue weighted by Crippen LogP contribution is 2.27. The van der Waals surface area contributed by atoms with E-state index >= 15 is 0 Å². The zero-order chi connectivity index (χ0) is 11.5. The van der Waals surface area contributed by atoms with Crippen molar-refractivity contribution < 1.29 is 0 Å². The van der Waals surface area contributed by atoms with Gasteiger partial charge in [-0.1, -0.05) is 52.0 Å². The zero-order valence-corrected chi connectivity index (χ0v) is 10.9. The van der Waals surface area contributed by atoms with Crippen LogP contribution < -0.4 is 0 Å². The number of hydrogen-bond donors (Lipinski definition) is 0. The van der Waals surface area contributed by atoms with Crippen LogP contribution in [0.4, 0.5) is 0 Å². The molecule has 0 aromatic heterocycles. The molecule has 1 atom stereocenters. The van der Waals surface area contributed by atoms with Gasteiger partial charge in [-0.2, -0.15) is 0 Å². The van der Waals surface area contributed by atoms with Crippen molar-refractivity contribution in [3.63, 3.8) is 0 Å². The molecule has 0 saturated heterocycles. The molecule has 0 aliphatic heterocycles. The molecule has 1 aromatic carbocycles. The third kappa shape index (κ3) is 4.25. The van der Waals surface area contributed by atoms with Crippen LogP contribution in [0.5, 0.6) is 0 Å². The van der Waals surface area contributed by atoms with E-state index in [1.807, 2.05) is 0 Å². The summed E-state index contributed by atoms with van der Waals surface area (Å²) in [6.07, 6.45) is 2.09. The van der Waals surface area contributed by atoms with Crippen LogP contribution in [0.1, 0.15) is 50.6 Å². The third-order valence-corrected chi connectivity index (χ3v) is 2.97. The number of hydrogen-bond acceptors (Lipinski definition) is 0. The number of rotatable bonds is 3. The van der Waals surface area contributed by atoms with Crippen molar-refractivity contribution in [2.45, 2.75) is 45.9 Å². The predicted octanol–water partition coefficient (Wildman–Crippen LogP) is 4.97. The molecule has 1 aromatic rings. The van der Waals surface area contributed by atoms with Crippen molar-refractivity contribution in [3.05, 3.63) is 35.4 Å². The minimum Gasteiger partial charge on any atom is -0.118 e. The van der Waals surface area contributed by atoms with Gasteiger partial charge >= 0.3 is 0 Å². The third-order valence-electron chi connectivity index (χ3n) is 2.41. The Morgan fingerprint density at radius 3 is 2.47 bits per heavy atom. The van der Waals surface area contributed by atoms with E-state index in [-0.39, 0.29) is 5.38 Å². The Morgan fingerprint density at radius 2 is 1.93 bits per heavy atom. The summed E-state index contributed by atoms with van der Waals surface area (Å²) in [7, 11) is 0. The normalized spacial score (nSPS) is 13.9. The first kappa shape index (κ1) is 12.6. The number of halogens is 1. The highest BCUT2D eigenvalue weighted by molar-refractivity contribution is 6.20. The second kappa shape index (κ2) is 5.03. The molecule has 0 bridgehead atoms. The molecule has 0 N–H and O–H groups in total. The van der Waals surface area contributed by atoms with Gasteiger partial charge in [0.2, 0.25) is 0 Å². The zero-order valence-electron chi connectivity index (χ0n) is 10.2. The minimum absolute atomic E-state index is 0.157. The van der Waals surface area contributed by atoms with Crippen LogP contribution in [0.2, 0.25) is 0 Å². The number of benzene rings is 1. The fraction of sp³-hybridized carbons (Fsp3) is 0.571. The summed E-state index contributed by atoms with van der Waals surface area (Å²) in [6.45, 7) is 8.90. The van der Waals surface area contributed by atoms with Gasteiger partial charge in [0.05, 0.1) is 5.38 Å². The Hall–Kier alpha value is -0.490. The van der Waals surface area contributed by atoms with Crippen molar-refractivity contribution in [1.29, 1.82) is 0 Å². The van der Waals surface area contributed by atoms with Crippen LogP contribution in [-0.2, 0) is 6.42 Å². The largest absolute Gasteiger partial charge is 0.118 e. The lowest BCUT2D eigenvalue weighted by molar-refractivity contribution is 0.411. The van der Waals surface area contributed by atoms with E-state index in [4.69, 9.17) is 11.6 Å². The molecule has 1 rings (SSSR count). The van der Waals surface area contributed by atoms with Gasteiger partial charge in [0.15, 0.2) is 0 Å². The fourth-order valence-corrected chi connectivity index (χ4v) is 1.88. The summed E-state index contributed by atoms with van der Waals surface area (Å²) in [5.74, 6) is 0. The standard InChI is InChI=1S/C14H21Cl/c1-5-13(15)12-8-6-7-11(9-12)10-14(2,3)4/h6-9,13H,5,10H2,1-4H3. The second-order valence-corrected chi connectivity index (χ2v) is 5.89. The van der Waals surface area contributed by atoms with Crippen molar-refractivity contribution in [3.8, 4) is 0 Å². The first-order valence-electron chi connectivity index (χ1n) is 5.65. The molecule has 0 heterocycles. The monoisotopic (exact) mass is 224 g/mol. The van der Waals surface area contributed by atoms with Gasteiger partial charge in [0.25, 0.3) is 0 Å². The van der Waals surface area contributed by atoms with Crippen LogP contribution in [-0.4, -0.2) is 0 Å². The molecule has 0 radical (unpaired) electrons. The first-order valence-corrected chi connectivity index (χ1v) is 6.09. The Kier molecular flexibility index (Phi) is 4.21. The maximum atomic E-state index is 6.23. The van der Waals surface area contributed by atoms with Crippen LogP contribution in [0.25, 0.3) is 0 Å². The molecule has 1 unspecified atom stereocenters. The van der Waals surface area contributed by atoms with Crippen LogP contribution in [0.3, 0.4) is 0 Å². The van der Waals surface area contributed by atoms with E-state index in [2.05, 4.69) is 52.0 Å². The van der Waals surface area contributed by atoms with E-state index in [1.54, 1.807) is 0 Å². The van der Waals surface area contributed by atoms with Gasteiger partial charge < -0.3 is 0 Å². The van der Waals surface area contributed by atoms with Crippen LogP contribution in [0, 0.1) is 5.41 Å². The molecule has 15 heavy (non-hydrogen) atoms. The smallest absolute Gasteiger partial charge is 0.0582 e. The molecular weight excluding hydrogens is 204 g/mol. The minimum atomic E-state index is 0.157. The highest BCUT2D eigenvalue weighted by atomic mass is 35.5. The Labute approximate surface area is 98.7 Å². The Morgan fingerprint density at radius 1 is 1.27 bits per heavy atom. The van der Waals surface area contributed by atoms with Gasteiger partial charge in [-0.25, -0.2) is 0 Å². The Balaban J connectivity index is 2.83. The lowest BCUT2D eigenvalue weighted by Crippen LogP contribution is -2.09. The maximum Gasteiger partial charge on any atom is 0.0582 e. The molecule has 0 aliphatic carbocycles. The van der Waals surface area contributed by atoms with E-state index in [0.717, 1.165) is 12.8 Å². The van der Waals surface area contributed by atoms with Crippen molar-refractivity contribution in [2.24, 2.45) is 5.41 Å². The molecule has 0 saturated carbocycles. The van der Waals surface area contributed by atoms with Gasteiger partial charge in [0, 0.05) is 0 Å². The van der Waals surface area contributed by atoms with Crippen molar-refractivity contribution in [1.82, 2.24) is 0 Å². The molecule has 0 spiro atoms. The van der Waals surface area contributed by atoms with Crippen molar-refractivity contribution in [2.75, 3.05) is 0 Å². The lowest BCUT2D eigenvalue weighted by atomic mass is 9.87. The van der Waals surface area contributed by atoms with E-state index in [1.165, 1.54) is 11.1 Å². The Bertz CT molecular complexity index is 309. The quantitative estimate of drug-likeness (QED) is 0.637. The highest BCUT2D eigenvalue weighted by Gasteiger charge is 2.12. The average Bonchev–Trinajstić information content (AvgIpc) is 2.14. The van der Waals surface area contributed by atoms with E-state index < -0.39 is 0 Å².